The molecule has 0 aliphatic carbocycles. The van der Waals surface area contributed by atoms with Crippen LogP contribution in [0, 0.1) is 13.0 Å². The van der Waals surface area contributed by atoms with Gasteiger partial charge in [-0.15, -0.1) is 0 Å². The van der Waals surface area contributed by atoms with E-state index in [9.17, 15) is 5.11 Å². The third-order valence-corrected chi connectivity index (χ3v) is 2.56. The summed E-state index contributed by atoms with van der Waals surface area (Å²) < 4.78 is 1.78. The first-order valence-corrected chi connectivity index (χ1v) is 5.26. The summed E-state index contributed by atoms with van der Waals surface area (Å²) in [6.07, 6.45) is 3.77. The van der Waals surface area contributed by atoms with E-state index in [-0.39, 0.29) is 5.88 Å². The molecular weight excluding hydrogens is 214 g/mol. The highest BCUT2D eigenvalue weighted by molar-refractivity contribution is 5.82. The van der Waals surface area contributed by atoms with Crippen LogP contribution in [0.25, 0.3) is 16.9 Å². The first-order valence-electron chi connectivity index (χ1n) is 5.26. The Morgan fingerprint density at radius 3 is 2.94 bits per heavy atom. The molecule has 4 heteroatoms. The van der Waals surface area contributed by atoms with Gasteiger partial charge >= 0.3 is 0 Å². The van der Waals surface area contributed by atoms with Gasteiger partial charge in [0.1, 0.15) is 0 Å². The lowest BCUT2D eigenvalue weighted by atomic mass is 10.2. The summed E-state index contributed by atoms with van der Waals surface area (Å²) in [5.41, 5.74) is 1.80. The van der Waals surface area contributed by atoms with E-state index in [1.165, 1.54) is 0 Å². The van der Waals surface area contributed by atoms with Crippen LogP contribution < -0.4 is 0 Å². The fraction of sp³-hybridized carbons (Fsp3) is 0.0769. The lowest BCUT2D eigenvalue weighted by molar-refractivity contribution is 0.458. The fourth-order valence-electron chi connectivity index (χ4n) is 1.73. The quantitative estimate of drug-likeness (QED) is 0.689. The molecular formula is C13H10N3O. The fourth-order valence-corrected chi connectivity index (χ4v) is 1.73. The van der Waals surface area contributed by atoms with E-state index in [0.29, 0.717) is 16.9 Å². The van der Waals surface area contributed by atoms with Crippen molar-refractivity contribution in [3.05, 3.63) is 48.3 Å². The SMILES string of the molecule is Cc1ccn(-c2nc(O)c3[c]cccc3n2)c1. The van der Waals surface area contributed by atoms with E-state index in [1.807, 2.05) is 37.5 Å². The largest absolute Gasteiger partial charge is 0.493 e. The molecule has 4 nitrogen and oxygen atoms in total. The van der Waals surface area contributed by atoms with E-state index in [0.717, 1.165) is 5.56 Å². The number of hydrogen-bond donors (Lipinski definition) is 1. The Labute approximate surface area is 98.2 Å². The van der Waals surface area contributed by atoms with Crippen molar-refractivity contribution < 1.29 is 5.11 Å². The molecule has 0 saturated carbocycles. The molecule has 1 aromatic carbocycles. The minimum absolute atomic E-state index is 0.0445. The molecule has 0 saturated heterocycles. The molecule has 0 spiro atoms. The van der Waals surface area contributed by atoms with Gasteiger partial charge in [0.2, 0.25) is 11.8 Å². The van der Waals surface area contributed by atoms with Gasteiger partial charge in [-0.2, -0.15) is 4.98 Å². The maximum Gasteiger partial charge on any atom is 0.237 e. The predicted octanol–water partition coefficient (Wildman–Crippen LogP) is 2.23. The molecule has 0 aliphatic heterocycles. The minimum atomic E-state index is -0.0445. The van der Waals surface area contributed by atoms with E-state index in [2.05, 4.69) is 16.0 Å². The van der Waals surface area contributed by atoms with Crippen LogP contribution in [-0.4, -0.2) is 19.6 Å². The first kappa shape index (κ1) is 9.84. The molecule has 1 N–H and O–H groups in total. The normalized spacial score (nSPS) is 10.9. The Bertz CT molecular complexity index is 688. The lowest BCUT2D eigenvalue weighted by Crippen LogP contribution is -1.98. The summed E-state index contributed by atoms with van der Waals surface area (Å²) >= 11 is 0. The average Bonchev–Trinajstić information content (AvgIpc) is 2.76. The summed E-state index contributed by atoms with van der Waals surface area (Å²) in [5.74, 6) is 0.416. The summed E-state index contributed by atoms with van der Waals surface area (Å²) in [5, 5.41) is 10.4. The van der Waals surface area contributed by atoms with Crippen LogP contribution in [0.15, 0.2) is 36.7 Å². The standard InChI is InChI=1S/C13H10N3O/c1-9-6-7-16(8-9)13-14-11-5-3-2-4-10(11)12(17)15-13/h2-3,5-8H,1H3,(H,14,15,17). The zero-order valence-electron chi connectivity index (χ0n) is 9.25. The molecule has 0 atom stereocenters. The van der Waals surface area contributed by atoms with Crippen LogP contribution >= 0.6 is 0 Å². The predicted molar refractivity (Wildman–Crippen MR) is 64.1 cm³/mol. The van der Waals surface area contributed by atoms with E-state index in [1.54, 1.807) is 10.6 Å². The van der Waals surface area contributed by atoms with Crippen molar-refractivity contribution in [2.45, 2.75) is 6.92 Å². The number of nitrogens with zero attached hydrogens (tertiary/aromatic N) is 3. The van der Waals surface area contributed by atoms with Crippen molar-refractivity contribution >= 4 is 10.9 Å². The van der Waals surface area contributed by atoms with Crippen molar-refractivity contribution in [3.8, 4) is 11.8 Å². The number of aryl methyl sites for hydroxylation is 1. The molecule has 0 amide bonds. The Morgan fingerprint density at radius 2 is 2.18 bits per heavy atom. The molecule has 2 heterocycles. The molecule has 0 aliphatic rings. The number of rotatable bonds is 1. The van der Waals surface area contributed by atoms with E-state index >= 15 is 0 Å². The second kappa shape index (κ2) is 3.59. The molecule has 0 fully saturated rings. The molecule has 0 unspecified atom stereocenters. The number of aromatic hydroxyl groups is 1. The van der Waals surface area contributed by atoms with Crippen LogP contribution in [0.2, 0.25) is 0 Å². The van der Waals surface area contributed by atoms with Gasteiger partial charge in [0.05, 0.1) is 10.9 Å². The smallest absolute Gasteiger partial charge is 0.237 e. The maximum absolute atomic E-state index is 9.82. The van der Waals surface area contributed by atoms with Crippen molar-refractivity contribution in [1.82, 2.24) is 14.5 Å². The molecule has 2 aromatic heterocycles. The van der Waals surface area contributed by atoms with Gasteiger partial charge in [0, 0.05) is 12.4 Å². The Hall–Kier alpha value is -2.36. The Kier molecular flexibility index (Phi) is 2.08. The van der Waals surface area contributed by atoms with Gasteiger partial charge in [0.15, 0.2) is 0 Å². The van der Waals surface area contributed by atoms with Crippen LogP contribution in [0.3, 0.4) is 0 Å². The number of benzene rings is 1. The topological polar surface area (TPSA) is 50.9 Å². The molecule has 83 valence electrons. The van der Waals surface area contributed by atoms with Gasteiger partial charge in [-0.1, -0.05) is 12.1 Å². The zero-order valence-corrected chi connectivity index (χ0v) is 9.25. The number of fused-ring (bicyclic) bond motifs is 1. The third kappa shape index (κ3) is 1.63. The summed E-state index contributed by atoms with van der Waals surface area (Å²) in [6, 6.07) is 10.3. The average molecular weight is 224 g/mol. The van der Waals surface area contributed by atoms with Crippen molar-refractivity contribution in [2.75, 3.05) is 0 Å². The zero-order chi connectivity index (χ0) is 11.8. The number of hydrogen-bond acceptors (Lipinski definition) is 3. The second-order valence-electron chi connectivity index (χ2n) is 3.87. The Balaban J connectivity index is 2.25. The first-order chi connectivity index (χ1) is 8.24. The maximum atomic E-state index is 9.82. The van der Waals surface area contributed by atoms with Crippen LogP contribution in [0.4, 0.5) is 0 Å². The molecule has 17 heavy (non-hydrogen) atoms. The number of aromatic nitrogens is 3. The lowest BCUT2D eigenvalue weighted by Gasteiger charge is -2.04. The highest BCUT2D eigenvalue weighted by atomic mass is 16.3. The van der Waals surface area contributed by atoms with Crippen molar-refractivity contribution in [2.24, 2.45) is 0 Å². The van der Waals surface area contributed by atoms with Gasteiger partial charge in [-0.05, 0) is 30.7 Å². The van der Waals surface area contributed by atoms with Gasteiger partial charge in [-0.3, -0.25) is 4.57 Å². The highest BCUT2D eigenvalue weighted by Crippen LogP contribution is 2.21. The van der Waals surface area contributed by atoms with E-state index in [4.69, 9.17) is 0 Å². The van der Waals surface area contributed by atoms with E-state index < -0.39 is 0 Å². The molecule has 3 aromatic rings. The summed E-state index contributed by atoms with van der Waals surface area (Å²) in [4.78, 5) is 8.44. The van der Waals surface area contributed by atoms with Crippen molar-refractivity contribution in [3.63, 3.8) is 0 Å². The summed E-state index contributed by atoms with van der Waals surface area (Å²) in [6.45, 7) is 1.99. The van der Waals surface area contributed by atoms with Crippen LogP contribution in [0.5, 0.6) is 5.88 Å². The highest BCUT2D eigenvalue weighted by Gasteiger charge is 2.07. The van der Waals surface area contributed by atoms with Gasteiger partial charge in [0.25, 0.3) is 0 Å². The monoisotopic (exact) mass is 224 g/mol. The van der Waals surface area contributed by atoms with Crippen LogP contribution in [0.1, 0.15) is 5.56 Å². The molecule has 0 bridgehead atoms. The molecule has 1 radical (unpaired) electrons. The molecule has 3 rings (SSSR count). The minimum Gasteiger partial charge on any atom is -0.493 e. The van der Waals surface area contributed by atoms with Crippen molar-refractivity contribution in [1.29, 1.82) is 0 Å². The third-order valence-electron chi connectivity index (χ3n) is 2.56. The Morgan fingerprint density at radius 1 is 1.29 bits per heavy atom. The van der Waals surface area contributed by atoms with Crippen LogP contribution in [-0.2, 0) is 0 Å². The second-order valence-corrected chi connectivity index (χ2v) is 3.87. The van der Waals surface area contributed by atoms with Gasteiger partial charge < -0.3 is 5.11 Å². The summed E-state index contributed by atoms with van der Waals surface area (Å²) in [7, 11) is 0. The van der Waals surface area contributed by atoms with Gasteiger partial charge in [-0.25, -0.2) is 4.98 Å².